The quantitative estimate of drug-likeness (QED) is 0.876. The molecule has 0 aliphatic carbocycles. The number of nitrogens with zero attached hydrogens (tertiary/aromatic N) is 1. The molecule has 2 heterocycles. The van der Waals surface area contributed by atoms with Crippen LogP contribution in [-0.4, -0.2) is 39.4 Å². The monoisotopic (exact) mass is 345 g/mol. The first-order valence-electron chi connectivity index (χ1n) is 9.37. The van der Waals surface area contributed by atoms with E-state index in [0.717, 1.165) is 12.8 Å². The number of hydrogen-bond donors (Lipinski definition) is 1. The van der Waals surface area contributed by atoms with Crippen molar-refractivity contribution in [1.82, 2.24) is 4.90 Å². The van der Waals surface area contributed by atoms with Crippen LogP contribution < -0.4 is 0 Å². The van der Waals surface area contributed by atoms with Gasteiger partial charge >= 0.3 is 6.09 Å². The van der Waals surface area contributed by atoms with Crippen LogP contribution in [0.15, 0.2) is 18.2 Å². The molecule has 1 aromatic rings. The normalized spacial score (nSPS) is 29.0. The van der Waals surface area contributed by atoms with Gasteiger partial charge in [-0.3, -0.25) is 0 Å². The number of amides is 1. The van der Waals surface area contributed by atoms with E-state index in [-0.39, 0.29) is 18.2 Å². The van der Waals surface area contributed by atoms with Crippen molar-refractivity contribution in [2.24, 2.45) is 0 Å². The lowest BCUT2D eigenvalue weighted by Crippen LogP contribution is -2.55. The molecule has 0 saturated carbocycles. The highest BCUT2D eigenvalue weighted by Crippen LogP contribution is 2.43. The molecule has 2 aliphatic heterocycles. The molecule has 1 aromatic carbocycles. The average molecular weight is 345 g/mol. The van der Waals surface area contributed by atoms with Crippen LogP contribution in [0.5, 0.6) is 0 Å². The first kappa shape index (κ1) is 18.2. The molecule has 2 bridgehead atoms. The number of carbonyl (C=O) groups is 1. The zero-order valence-electron chi connectivity index (χ0n) is 16.1. The third-order valence-corrected chi connectivity index (χ3v) is 5.61. The second-order valence-corrected chi connectivity index (χ2v) is 8.95. The molecule has 4 heteroatoms. The summed E-state index contributed by atoms with van der Waals surface area (Å²) in [5, 5.41) is 11.3. The van der Waals surface area contributed by atoms with Gasteiger partial charge in [0, 0.05) is 18.5 Å². The first-order valence-corrected chi connectivity index (χ1v) is 9.37. The summed E-state index contributed by atoms with van der Waals surface area (Å²) in [6.45, 7) is 9.91. The van der Waals surface area contributed by atoms with E-state index >= 15 is 0 Å². The van der Waals surface area contributed by atoms with E-state index < -0.39 is 11.2 Å². The number of rotatable bonds is 2. The van der Waals surface area contributed by atoms with Crippen molar-refractivity contribution < 1.29 is 14.6 Å². The standard InChI is InChI=1S/C21H31NO3/c1-14-7-6-8-15(2)18(14)13-21(24)11-16-9-10-17(12-21)22(16)19(23)25-20(3,4)5/h6-8,16-17,24H,9-13H2,1-5H3. The SMILES string of the molecule is Cc1cccc(C)c1CC1(O)CC2CCC(C1)N2C(=O)OC(C)(C)C. The van der Waals surface area contributed by atoms with Crippen molar-refractivity contribution in [3.63, 3.8) is 0 Å². The number of piperidine rings is 1. The Morgan fingerprint density at radius 3 is 2.20 bits per heavy atom. The van der Waals surface area contributed by atoms with Gasteiger partial charge in [-0.1, -0.05) is 18.2 Å². The predicted octanol–water partition coefficient (Wildman–Crippen LogP) is 4.14. The third kappa shape index (κ3) is 3.84. The van der Waals surface area contributed by atoms with Gasteiger partial charge in [0.15, 0.2) is 0 Å². The van der Waals surface area contributed by atoms with Gasteiger partial charge < -0.3 is 14.7 Å². The lowest BCUT2D eigenvalue weighted by atomic mass is 9.79. The van der Waals surface area contributed by atoms with Crippen LogP contribution in [-0.2, 0) is 11.2 Å². The van der Waals surface area contributed by atoms with Gasteiger partial charge in [0.05, 0.1) is 5.60 Å². The average Bonchev–Trinajstić information content (AvgIpc) is 2.75. The number of benzene rings is 1. The summed E-state index contributed by atoms with van der Waals surface area (Å²) >= 11 is 0. The molecule has 4 nitrogen and oxygen atoms in total. The van der Waals surface area contributed by atoms with Crippen molar-refractivity contribution in [2.45, 2.75) is 90.0 Å². The minimum absolute atomic E-state index is 0.0860. The Hall–Kier alpha value is -1.55. The van der Waals surface area contributed by atoms with Crippen molar-refractivity contribution >= 4 is 6.09 Å². The van der Waals surface area contributed by atoms with E-state index in [9.17, 15) is 9.90 Å². The van der Waals surface area contributed by atoms with Gasteiger partial charge in [-0.05, 0) is 77.0 Å². The van der Waals surface area contributed by atoms with Crippen LogP contribution >= 0.6 is 0 Å². The van der Waals surface area contributed by atoms with Gasteiger partial charge in [-0.15, -0.1) is 0 Å². The molecule has 0 radical (unpaired) electrons. The van der Waals surface area contributed by atoms with Gasteiger partial charge in [-0.2, -0.15) is 0 Å². The number of hydrogen-bond acceptors (Lipinski definition) is 3. The highest BCUT2D eigenvalue weighted by Gasteiger charge is 2.50. The van der Waals surface area contributed by atoms with Crippen molar-refractivity contribution in [3.05, 3.63) is 34.9 Å². The molecule has 1 N–H and O–H groups in total. The minimum atomic E-state index is -0.735. The molecular formula is C21H31NO3. The number of ether oxygens (including phenoxy) is 1. The highest BCUT2D eigenvalue weighted by atomic mass is 16.6. The molecule has 3 rings (SSSR count). The predicted molar refractivity (Wildman–Crippen MR) is 98.7 cm³/mol. The fourth-order valence-corrected chi connectivity index (χ4v) is 4.54. The Balaban J connectivity index is 1.76. The summed E-state index contributed by atoms with van der Waals surface area (Å²) in [5.41, 5.74) is 2.49. The van der Waals surface area contributed by atoms with Crippen LogP contribution in [0.1, 0.15) is 63.1 Å². The maximum atomic E-state index is 12.6. The number of aliphatic hydroxyl groups is 1. The van der Waals surface area contributed by atoms with Gasteiger partial charge in [0.1, 0.15) is 5.60 Å². The molecule has 2 unspecified atom stereocenters. The van der Waals surface area contributed by atoms with Gasteiger partial charge in [0.25, 0.3) is 0 Å². The number of carbonyl (C=O) groups excluding carboxylic acids is 1. The van der Waals surface area contributed by atoms with Gasteiger partial charge in [0.2, 0.25) is 0 Å². The molecule has 2 fully saturated rings. The summed E-state index contributed by atoms with van der Waals surface area (Å²) in [5.74, 6) is 0. The smallest absolute Gasteiger partial charge is 0.410 e. The fraction of sp³-hybridized carbons (Fsp3) is 0.667. The highest BCUT2D eigenvalue weighted by molar-refractivity contribution is 5.69. The second-order valence-electron chi connectivity index (χ2n) is 8.95. The first-order chi connectivity index (χ1) is 11.6. The lowest BCUT2D eigenvalue weighted by molar-refractivity contribution is -0.0580. The van der Waals surface area contributed by atoms with Crippen LogP contribution in [0.2, 0.25) is 0 Å². The molecule has 0 aromatic heterocycles. The zero-order chi connectivity index (χ0) is 18.4. The van der Waals surface area contributed by atoms with Gasteiger partial charge in [-0.25, -0.2) is 4.79 Å². The van der Waals surface area contributed by atoms with Crippen LogP contribution in [0, 0.1) is 13.8 Å². The summed E-state index contributed by atoms with van der Waals surface area (Å²) in [4.78, 5) is 14.5. The molecular weight excluding hydrogens is 314 g/mol. The Kier molecular flexibility index (Phi) is 4.61. The van der Waals surface area contributed by atoms with Crippen LogP contribution in [0.3, 0.4) is 0 Å². The summed E-state index contributed by atoms with van der Waals surface area (Å²) in [6, 6.07) is 6.45. The maximum Gasteiger partial charge on any atom is 0.410 e. The molecule has 25 heavy (non-hydrogen) atoms. The zero-order valence-corrected chi connectivity index (χ0v) is 16.1. The van der Waals surface area contributed by atoms with E-state index in [1.54, 1.807) is 0 Å². The van der Waals surface area contributed by atoms with E-state index in [2.05, 4.69) is 32.0 Å². The Morgan fingerprint density at radius 2 is 1.72 bits per heavy atom. The molecule has 2 saturated heterocycles. The topological polar surface area (TPSA) is 49.8 Å². The molecule has 0 spiro atoms. The summed E-state index contributed by atoms with van der Waals surface area (Å²) in [7, 11) is 0. The van der Waals surface area contributed by atoms with Crippen molar-refractivity contribution in [1.29, 1.82) is 0 Å². The van der Waals surface area contributed by atoms with Crippen LogP contribution in [0.4, 0.5) is 4.79 Å². The number of aryl methyl sites for hydroxylation is 2. The lowest BCUT2D eigenvalue weighted by Gasteiger charge is -2.44. The Morgan fingerprint density at radius 1 is 1.20 bits per heavy atom. The minimum Gasteiger partial charge on any atom is -0.444 e. The molecule has 2 atom stereocenters. The third-order valence-electron chi connectivity index (χ3n) is 5.61. The summed E-state index contributed by atoms with van der Waals surface area (Å²) in [6.07, 6.45) is 3.63. The van der Waals surface area contributed by atoms with E-state index in [4.69, 9.17) is 4.74 Å². The van der Waals surface area contributed by atoms with Crippen molar-refractivity contribution in [3.8, 4) is 0 Å². The Bertz CT molecular complexity index is 627. The largest absolute Gasteiger partial charge is 0.444 e. The van der Waals surface area contributed by atoms with Crippen molar-refractivity contribution in [2.75, 3.05) is 0 Å². The Labute approximate surface area is 151 Å². The fourth-order valence-electron chi connectivity index (χ4n) is 4.54. The molecule has 1 amide bonds. The molecule has 138 valence electrons. The van der Waals surface area contributed by atoms with E-state index in [1.165, 1.54) is 16.7 Å². The van der Waals surface area contributed by atoms with E-state index in [1.807, 2.05) is 25.7 Å². The second kappa shape index (κ2) is 6.31. The molecule has 2 aliphatic rings. The van der Waals surface area contributed by atoms with Crippen LogP contribution in [0.25, 0.3) is 0 Å². The number of fused-ring (bicyclic) bond motifs is 2. The summed E-state index contributed by atoms with van der Waals surface area (Å²) < 4.78 is 5.59. The van der Waals surface area contributed by atoms with E-state index in [0.29, 0.717) is 19.3 Å². The maximum absolute atomic E-state index is 12.6.